The van der Waals surface area contributed by atoms with Crippen molar-refractivity contribution in [3.8, 4) is 11.8 Å². The first kappa shape index (κ1) is 21.8. The molecule has 6 heteroatoms. The number of halogens is 1. The van der Waals surface area contributed by atoms with Crippen molar-refractivity contribution in [2.75, 3.05) is 14.2 Å². The average molecular weight is 464 g/mol. The van der Waals surface area contributed by atoms with Gasteiger partial charge in [-0.2, -0.15) is 5.26 Å². The van der Waals surface area contributed by atoms with E-state index in [1.807, 2.05) is 36.4 Å². The van der Waals surface area contributed by atoms with Gasteiger partial charge in [-0.1, -0.05) is 29.8 Å². The summed E-state index contributed by atoms with van der Waals surface area (Å²) in [5.41, 5.74) is 4.02. The summed E-state index contributed by atoms with van der Waals surface area (Å²) in [4.78, 5) is 4.28. The summed E-state index contributed by atoms with van der Waals surface area (Å²) in [7, 11) is 3.42. The number of nitriles is 1. The molecule has 0 saturated carbocycles. The third-order valence-electron chi connectivity index (χ3n) is 3.97. The Morgan fingerprint density at radius 3 is 2.50 bits per heavy atom. The number of benzene rings is 2. The quantitative estimate of drug-likeness (QED) is 0.400. The molecular formula is C20H25IN4O. The summed E-state index contributed by atoms with van der Waals surface area (Å²) in [5.74, 6) is 1.56. The number of hydrogen-bond acceptors (Lipinski definition) is 3. The predicted octanol–water partition coefficient (Wildman–Crippen LogP) is 3.92. The molecule has 0 spiro atoms. The zero-order chi connectivity index (χ0) is 18.2. The fraction of sp³-hybridized carbons (Fsp3) is 0.300. The summed E-state index contributed by atoms with van der Waals surface area (Å²) in [6.07, 6.45) is 0. The Morgan fingerprint density at radius 2 is 1.92 bits per heavy atom. The highest BCUT2D eigenvalue weighted by atomic mass is 127. The van der Waals surface area contributed by atoms with Crippen LogP contribution in [0.25, 0.3) is 0 Å². The van der Waals surface area contributed by atoms with E-state index < -0.39 is 0 Å². The Bertz CT molecular complexity index is 781. The third kappa shape index (κ3) is 5.92. The van der Waals surface area contributed by atoms with Gasteiger partial charge < -0.3 is 15.4 Å². The van der Waals surface area contributed by atoms with Crippen LogP contribution in [0.4, 0.5) is 0 Å². The minimum absolute atomic E-state index is 0. The first-order chi connectivity index (χ1) is 12.1. The van der Waals surface area contributed by atoms with Crippen LogP contribution in [-0.4, -0.2) is 20.1 Å². The van der Waals surface area contributed by atoms with Crippen molar-refractivity contribution >= 4 is 29.9 Å². The van der Waals surface area contributed by atoms with E-state index in [2.05, 4.69) is 41.6 Å². The second-order valence-electron chi connectivity index (χ2n) is 5.85. The molecule has 138 valence electrons. The number of guanidine groups is 1. The van der Waals surface area contributed by atoms with E-state index in [4.69, 9.17) is 10.00 Å². The molecule has 0 aliphatic carbocycles. The van der Waals surface area contributed by atoms with E-state index in [0.29, 0.717) is 18.1 Å². The normalized spacial score (nSPS) is 11.7. The summed E-state index contributed by atoms with van der Waals surface area (Å²) >= 11 is 0. The molecule has 2 N–H and O–H groups in total. The van der Waals surface area contributed by atoms with Gasteiger partial charge in [0, 0.05) is 19.2 Å². The lowest BCUT2D eigenvalue weighted by molar-refractivity contribution is 0.405. The average Bonchev–Trinajstić information content (AvgIpc) is 2.65. The lowest BCUT2D eigenvalue weighted by Crippen LogP contribution is -2.38. The second-order valence-corrected chi connectivity index (χ2v) is 5.85. The van der Waals surface area contributed by atoms with E-state index in [0.717, 1.165) is 16.9 Å². The molecule has 0 amide bonds. The maximum Gasteiger partial charge on any atom is 0.191 e. The fourth-order valence-electron chi connectivity index (χ4n) is 2.55. The monoisotopic (exact) mass is 464 g/mol. The van der Waals surface area contributed by atoms with E-state index in [1.165, 1.54) is 5.56 Å². The number of ether oxygens (including phenoxy) is 1. The molecule has 0 aromatic heterocycles. The van der Waals surface area contributed by atoms with E-state index in [9.17, 15) is 0 Å². The van der Waals surface area contributed by atoms with Crippen LogP contribution in [0.15, 0.2) is 47.5 Å². The Labute approximate surface area is 172 Å². The Hall–Kier alpha value is -2.27. The molecule has 1 unspecified atom stereocenters. The van der Waals surface area contributed by atoms with Crippen LogP contribution in [0, 0.1) is 18.3 Å². The smallest absolute Gasteiger partial charge is 0.191 e. The minimum Gasteiger partial charge on any atom is -0.496 e. The van der Waals surface area contributed by atoms with Crippen molar-refractivity contribution in [2.24, 2.45) is 4.99 Å². The number of rotatable bonds is 5. The summed E-state index contributed by atoms with van der Waals surface area (Å²) in [6.45, 7) is 4.77. The number of methoxy groups -OCH3 is 1. The van der Waals surface area contributed by atoms with Gasteiger partial charge in [-0.3, -0.25) is 4.99 Å². The van der Waals surface area contributed by atoms with Gasteiger partial charge in [0.05, 0.1) is 24.8 Å². The van der Waals surface area contributed by atoms with Crippen LogP contribution >= 0.6 is 24.0 Å². The molecule has 0 fully saturated rings. The minimum atomic E-state index is 0. The third-order valence-corrected chi connectivity index (χ3v) is 3.97. The number of nitrogens with one attached hydrogen (secondary N) is 2. The molecule has 0 heterocycles. The van der Waals surface area contributed by atoms with Crippen LogP contribution in [0.5, 0.6) is 5.75 Å². The Balaban J connectivity index is 0.00000338. The van der Waals surface area contributed by atoms with E-state index in [-0.39, 0.29) is 30.0 Å². The van der Waals surface area contributed by atoms with Gasteiger partial charge in [0.2, 0.25) is 0 Å². The van der Waals surface area contributed by atoms with Crippen LogP contribution in [-0.2, 0) is 6.54 Å². The summed E-state index contributed by atoms with van der Waals surface area (Å²) in [5, 5.41) is 15.5. The highest BCUT2D eigenvalue weighted by Crippen LogP contribution is 2.25. The number of hydrogen-bond donors (Lipinski definition) is 2. The number of aliphatic imine (C=N–C) groups is 1. The van der Waals surface area contributed by atoms with E-state index >= 15 is 0 Å². The highest BCUT2D eigenvalue weighted by molar-refractivity contribution is 14.0. The maximum absolute atomic E-state index is 8.85. The molecule has 2 aromatic rings. The van der Waals surface area contributed by atoms with Crippen LogP contribution < -0.4 is 15.4 Å². The van der Waals surface area contributed by atoms with Gasteiger partial charge >= 0.3 is 0 Å². The molecule has 1 atom stereocenters. The Kier molecular flexibility index (Phi) is 8.93. The molecule has 0 aliphatic rings. The molecule has 2 rings (SSSR count). The first-order valence-electron chi connectivity index (χ1n) is 8.18. The van der Waals surface area contributed by atoms with Crippen molar-refractivity contribution in [3.63, 3.8) is 0 Å². The SMILES string of the molecule is CN=C(NCc1ccc(C#N)cc1)NC(C)c1cc(C)ccc1OC.I. The first-order valence-corrected chi connectivity index (χ1v) is 8.18. The fourth-order valence-corrected chi connectivity index (χ4v) is 2.55. The molecule has 2 aromatic carbocycles. The molecule has 26 heavy (non-hydrogen) atoms. The number of aryl methyl sites for hydroxylation is 1. The highest BCUT2D eigenvalue weighted by Gasteiger charge is 2.13. The van der Waals surface area contributed by atoms with Crippen molar-refractivity contribution in [1.82, 2.24) is 10.6 Å². The van der Waals surface area contributed by atoms with Crippen molar-refractivity contribution in [3.05, 3.63) is 64.7 Å². The van der Waals surface area contributed by atoms with Gasteiger partial charge in [0.15, 0.2) is 5.96 Å². The van der Waals surface area contributed by atoms with Crippen LogP contribution in [0.2, 0.25) is 0 Å². The molecule has 0 aliphatic heterocycles. The molecule has 0 bridgehead atoms. The summed E-state index contributed by atoms with van der Waals surface area (Å²) < 4.78 is 5.46. The largest absolute Gasteiger partial charge is 0.496 e. The zero-order valence-corrected chi connectivity index (χ0v) is 17.9. The van der Waals surface area contributed by atoms with E-state index in [1.54, 1.807) is 14.2 Å². The maximum atomic E-state index is 8.85. The summed E-state index contributed by atoms with van der Waals surface area (Å²) in [6, 6.07) is 15.8. The lowest BCUT2D eigenvalue weighted by Gasteiger charge is -2.20. The Morgan fingerprint density at radius 1 is 1.23 bits per heavy atom. The lowest BCUT2D eigenvalue weighted by atomic mass is 10.0. The van der Waals surface area contributed by atoms with Crippen LogP contribution in [0.3, 0.4) is 0 Å². The van der Waals surface area contributed by atoms with Gasteiger partial charge in [-0.25, -0.2) is 0 Å². The van der Waals surface area contributed by atoms with Gasteiger partial charge in [0.25, 0.3) is 0 Å². The van der Waals surface area contributed by atoms with Crippen molar-refractivity contribution < 1.29 is 4.74 Å². The van der Waals surface area contributed by atoms with Crippen molar-refractivity contribution in [2.45, 2.75) is 26.4 Å². The topological polar surface area (TPSA) is 69.4 Å². The van der Waals surface area contributed by atoms with Crippen LogP contribution in [0.1, 0.15) is 35.2 Å². The number of nitrogens with zero attached hydrogens (tertiary/aromatic N) is 2. The molecule has 0 radical (unpaired) electrons. The van der Waals surface area contributed by atoms with Gasteiger partial charge in [-0.05, 0) is 37.6 Å². The van der Waals surface area contributed by atoms with Gasteiger partial charge in [0.1, 0.15) is 5.75 Å². The molecule has 0 saturated heterocycles. The standard InChI is InChI=1S/C20H24N4O.HI/c1-14-5-10-19(25-4)18(11-14)15(2)24-20(22-3)23-13-17-8-6-16(12-21)7-9-17;/h5-11,15H,13H2,1-4H3,(H2,22,23,24);1H. The van der Waals surface area contributed by atoms with Gasteiger partial charge in [-0.15, -0.1) is 24.0 Å². The second kappa shape index (κ2) is 10.7. The zero-order valence-electron chi connectivity index (χ0n) is 15.5. The van der Waals surface area contributed by atoms with Crippen molar-refractivity contribution in [1.29, 1.82) is 5.26 Å². The molecular weight excluding hydrogens is 439 g/mol. The predicted molar refractivity (Wildman–Crippen MR) is 116 cm³/mol. The molecule has 5 nitrogen and oxygen atoms in total.